The highest BCUT2D eigenvalue weighted by Gasteiger charge is 2.15. The van der Waals surface area contributed by atoms with Gasteiger partial charge in [-0.25, -0.2) is 5.32 Å². The molecule has 0 saturated carbocycles. The van der Waals surface area contributed by atoms with E-state index in [4.69, 9.17) is 0 Å². The third-order valence-corrected chi connectivity index (χ3v) is 3.57. The average Bonchev–Trinajstić information content (AvgIpc) is 2.64. The first kappa shape index (κ1) is 14.6. The molecular weight excluding hydrogens is 252 g/mol. The molecule has 0 bridgehead atoms. The number of hydrogen-bond donors (Lipinski definition) is 2. The maximum atomic E-state index is 10.3. The summed E-state index contributed by atoms with van der Waals surface area (Å²) in [6.45, 7) is 0.886. The maximum Gasteiger partial charge on any atom is 0.247 e. The van der Waals surface area contributed by atoms with Crippen LogP contribution in [0.1, 0.15) is 44.1 Å². The number of fused-ring (bicyclic) bond motifs is 1. The molecule has 0 unspecified atom stereocenters. The van der Waals surface area contributed by atoms with Crippen molar-refractivity contribution in [1.29, 1.82) is 0 Å². The summed E-state index contributed by atoms with van der Waals surface area (Å²) < 4.78 is 0. The number of rotatable bonds is 6. The molecule has 2 N–H and O–H groups in total. The van der Waals surface area contributed by atoms with Crippen LogP contribution in [0.25, 0.3) is 0 Å². The lowest BCUT2D eigenvalue weighted by Crippen LogP contribution is -2.74. The van der Waals surface area contributed by atoms with Crippen LogP contribution >= 0.6 is 0 Å². The first-order chi connectivity index (χ1) is 9.75. The third-order valence-electron chi connectivity index (χ3n) is 3.57. The second-order valence-electron chi connectivity index (χ2n) is 5.22. The van der Waals surface area contributed by atoms with E-state index in [0.29, 0.717) is 6.42 Å². The van der Waals surface area contributed by atoms with Gasteiger partial charge in [-0.05, 0) is 50.2 Å². The Morgan fingerprint density at radius 1 is 1.20 bits per heavy atom. The van der Waals surface area contributed by atoms with Gasteiger partial charge in [-0.2, -0.15) is 0 Å². The Labute approximate surface area is 119 Å². The zero-order valence-corrected chi connectivity index (χ0v) is 11.8. The molecule has 1 aromatic rings. The Balaban J connectivity index is 1.78. The van der Waals surface area contributed by atoms with Crippen LogP contribution in [-0.2, 0) is 11.2 Å². The van der Waals surface area contributed by atoms with Gasteiger partial charge in [0, 0.05) is 12.4 Å². The number of aliphatic carboxylic acids is 1. The molecule has 0 fully saturated rings. The molecule has 0 amide bonds. The Morgan fingerprint density at radius 3 is 2.90 bits per heavy atom. The zero-order chi connectivity index (χ0) is 14.2. The fourth-order valence-corrected chi connectivity index (χ4v) is 2.48. The highest BCUT2D eigenvalue weighted by Crippen LogP contribution is 2.20. The summed E-state index contributed by atoms with van der Waals surface area (Å²) in [5, 5.41) is 13.8. The molecule has 1 aliphatic heterocycles. The lowest BCUT2D eigenvalue weighted by atomic mass is 10.1. The molecule has 1 aliphatic rings. The summed E-state index contributed by atoms with van der Waals surface area (Å²) >= 11 is 0. The number of hydrogen-bond acceptors (Lipinski definition) is 2. The van der Waals surface area contributed by atoms with Gasteiger partial charge in [0.25, 0.3) is 0 Å². The van der Waals surface area contributed by atoms with Gasteiger partial charge in [0.2, 0.25) is 5.84 Å². The Kier molecular flexibility index (Phi) is 5.59. The summed E-state index contributed by atoms with van der Waals surface area (Å²) in [6.07, 6.45) is 6.08. The van der Waals surface area contributed by atoms with Crippen molar-refractivity contribution in [3.8, 4) is 0 Å². The summed E-state index contributed by atoms with van der Waals surface area (Å²) in [6, 6.07) is 8.42. The number of carboxylic acid groups (broad SMARTS) is 1. The van der Waals surface area contributed by atoms with Crippen LogP contribution in [0.2, 0.25) is 0 Å². The monoisotopic (exact) mass is 274 g/mol. The van der Waals surface area contributed by atoms with Crippen LogP contribution in [0, 0.1) is 0 Å². The smallest absolute Gasteiger partial charge is 0.247 e. The molecule has 0 atom stereocenters. The molecule has 1 aromatic carbocycles. The highest BCUT2D eigenvalue weighted by atomic mass is 16.4. The van der Waals surface area contributed by atoms with E-state index in [1.54, 1.807) is 0 Å². The number of anilines is 1. The lowest BCUT2D eigenvalue weighted by molar-refractivity contribution is -0.459. The van der Waals surface area contributed by atoms with Crippen molar-refractivity contribution < 1.29 is 14.9 Å². The topological polar surface area (TPSA) is 66.1 Å². The Hall–Kier alpha value is -1.84. The van der Waals surface area contributed by atoms with Gasteiger partial charge >= 0.3 is 0 Å². The van der Waals surface area contributed by atoms with E-state index in [0.717, 1.165) is 38.6 Å². The van der Waals surface area contributed by atoms with Gasteiger partial charge in [-0.3, -0.25) is 4.99 Å². The minimum absolute atomic E-state index is 0.169. The van der Waals surface area contributed by atoms with E-state index in [2.05, 4.69) is 34.6 Å². The minimum Gasteiger partial charge on any atom is -0.550 e. The summed E-state index contributed by atoms with van der Waals surface area (Å²) in [5.41, 5.74) is 2.57. The molecule has 0 radical (unpaired) electrons. The van der Waals surface area contributed by atoms with Gasteiger partial charge in [0.15, 0.2) is 0 Å². The molecule has 4 nitrogen and oxygen atoms in total. The number of carbonyl (C=O) groups excluding carboxylic acids is 1. The molecule has 108 valence electrons. The van der Waals surface area contributed by atoms with Crippen LogP contribution in [0.5, 0.6) is 0 Å². The zero-order valence-electron chi connectivity index (χ0n) is 11.8. The summed E-state index contributed by atoms with van der Waals surface area (Å²) in [4.78, 5) is 13.7. The number of para-hydroxylation sites is 1. The minimum atomic E-state index is -0.950. The number of aryl methyl sites for hydroxylation is 1. The van der Waals surface area contributed by atoms with Gasteiger partial charge < -0.3 is 9.90 Å². The van der Waals surface area contributed by atoms with Gasteiger partial charge in [-0.15, -0.1) is 0 Å². The van der Waals surface area contributed by atoms with Crippen LogP contribution in [0.4, 0.5) is 5.69 Å². The van der Waals surface area contributed by atoms with Gasteiger partial charge in [-0.1, -0.05) is 18.2 Å². The quantitative estimate of drug-likeness (QED) is 0.730. The standard InChI is InChI=1S/C16H22N2O2/c19-16(20)11-2-1-5-12-17-15-10-6-8-13-7-3-4-9-14(13)18-15/h3-4,7,9H,1-2,5-6,8,10-12H2,(H,17,18)(H,19,20). The van der Waals surface area contributed by atoms with E-state index in [-0.39, 0.29) is 6.42 Å². The second kappa shape index (κ2) is 7.68. The first-order valence-electron chi connectivity index (χ1n) is 7.40. The van der Waals surface area contributed by atoms with Crippen LogP contribution in [-0.4, -0.2) is 18.3 Å². The predicted molar refractivity (Wildman–Crippen MR) is 77.3 cm³/mol. The molecule has 1 heterocycles. The fourth-order valence-electron chi connectivity index (χ4n) is 2.48. The van der Waals surface area contributed by atoms with Crippen molar-refractivity contribution in [1.82, 2.24) is 0 Å². The molecule has 0 spiro atoms. The predicted octanol–water partition coefficient (Wildman–Crippen LogP) is 0.224. The first-order valence-corrected chi connectivity index (χ1v) is 7.40. The van der Waals surface area contributed by atoms with Crippen molar-refractivity contribution in [3.63, 3.8) is 0 Å². The number of unbranched alkanes of at least 4 members (excludes halogenated alkanes) is 2. The van der Waals surface area contributed by atoms with Gasteiger partial charge in [0.05, 0.1) is 6.54 Å². The number of carbonyl (C=O) groups is 1. The van der Waals surface area contributed by atoms with Crippen molar-refractivity contribution in [2.24, 2.45) is 0 Å². The van der Waals surface area contributed by atoms with E-state index < -0.39 is 5.97 Å². The third kappa shape index (κ3) is 4.68. The fraction of sp³-hybridized carbons (Fsp3) is 0.500. The van der Waals surface area contributed by atoms with Crippen molar-refractivity contribution >= 4 is 17.5 Å². The molecule has 0 saturated heterocycles. The molecule has 2 rings (SSSR count). The average molecular weight is 274 g/mol. The number of carboxylic acids is 1. The van der Waals surface area contributed by atoms with Gasteiger partial charge in [0.1, 0.15) is 5.69 Å². The van der Waals surface area contributed by atoms with Crippen LogP contribution in [0.3, 0.4) is 0 Å². The maximum absolute atomic E-state index is 10.3. The van der Waals surface area contributed by atoms with Crippen molar-refractivity contribution in [2.45, 2.75) is 44.9 Å². The van der Waals surface area contributed by atoms with Crippen molar-refractivity contribution in [2.75, 3.05) is 11.9 Å². The number of amidine groups is 1. The normalized spacial score (nSPS) is 16.3. The largest absolute Gasteiger partial charge is 0.550 e. The molecule has 0 aliphatic carbocycles. The van der Waals surface area contributed by atoms with E-state index in [1.807, 2.05) is 0 Å². The molecule has 0 aromatic heterocycles. The second-order valence-corrected chi connectivity index (χ2v) is 5.22. The van der Waals surface area contributed by atoms with Crippen LogP contribution in [0.15, 0.2) is 24.3 Å². The highest BCUT2D eigenvalue weighted by molar-refractivity contribution is 5.92. The van der Waals surface area contributed by atoms with E-state index >= 15 is 0 Å². The molecule has 4 heteroatoms. The molecule has 20 heavy (non-hydrogen) atoms. The Morgan fingerprint density at radius 2 is 2.05 bits per heavy atom. The Bertz CT molecular complexity index is 483. The lowest BCUT2D eigenvalue weighted by Gasteiger charge is -2.02. The van der Waals surface area contributed by atoms with Crippen molar-refractivity contribution in [3.05, 3.63) is 29.8 Å². The number of benzene rings is 1. The van der Waals surface area contributed by atoms with E-state index in [1.165, 1.54) is 17.1 Å². The van der Waals surface area contributed by atoms with Crippen LogP contribution < -0.4 is 15.4 Å². The van der Waals surface area contributed by atoms with E-state index in [9.17, 15) is 9.90 Å². The summed E-state index contributed by atoms with van der Waals surface area (Å²) in [5.74, 6) is 0.226. The SMILES string of the molecule is O=C([O-])CCCCC[NH+]=C1CCCc2ccccc2N1. The number of nitrogens with one attached hydrogen (secondary N) is 2. The molecular formula is C16H22N2O2. The summed E-state index contributed by atoms with van der Waals surface area (Å²) in [7, 11) is 0.